The van der Waals surface area contributed by atoms with Crippen LogP contribution in [0.5, 0.6) is 0 Å². The van der Waals surface area contributed by atoms with E-state index in [1.54, 1.807) is 0 Å². The molecule has 1 fully saturated rings. The standard InChI is InChI=1S/C12H21N3O2/c1-4-8(2)17-14-12(16)11-6-5-10-7-15(11)9(3)13-10/h8,10-11H,4-7H2,1-3H3,(H,14,16). The van der Waals surface area contributed by atoms with Crippen LogP contribution in [0.25, 0.3) is 0 Å². The first-order valence-electron chi connectivity index (χ1n) is 6.38. The molecule has 17 heavy (non-hydrogen) atoms. The number of nitrogens with zero attached hydrogens (tertiary/aromatic N) is 2. The van der Waals surface area contributed by atoms with Gasteiger partial charge in [0.15, 0.2) is 0 Å². The molecule has 0 aromatic heterocycles. The molecule has 2 bridgehead atoms. The van der Waals surface area contributed by atoms with Crippen molar-refractivity contribution in [3.63, 3.8) is 0 Å². The highest BCUT2D eigenvalue weighted by Crippen LogP contribution is 2.25. The van der Waals surface area contributed by atoms with Gasteiger partial charge in [0.25, 0.3) is 5.91 Å². The first kappa shape index (κ1) is 12.4. The van der Waals surface area contributed by atoms with Crippen molar-refractivity contribution < 1.29 is 9.63 Å². The van der Waals surface area contributed by atoms with Gasteiger partial charge in [-0.3, -0.25) is 14.6 Å². The van der Waals surface area contributed by atoms with Crippen LogP contribution in [0.3, 0.4) is 0 Å². The van der Waals surface area contributed by atoms with Crippen LogP contribution in [0.2, 0.25) is 0 Å². The molecule has 5 heteroatoms. The Bertz CT molecular complexity index is 330. The Labute approximate surface area is 102 Å². The lowest BCUT2D eigenvalue weighted by Gasteiger charge is -2.32. The molecule has 5 nitrogen and oxygen atoms in total. The number of aliphatic imine (C=N–C) groups is 1. The van der Waals surface area contributed by atoms with Gasteiger partial charge in [-0.05, 0) is 33.1 Å². The summed E-state index contributed by atoms with van der Waals surface area (Å²) in [4.78, 5) is 23.9. The van der Waals surface area contributed by atoms with Gasteiger partial charge in [0.1, 0.15) is 6.04 Å². The van der Waals surface area contributed by atoms with Gasteiger partial charge in [0.05, 0.1) is 18.0 Å². The van der Waals surface area contributed by atoms with Crippen molar-refractivity contribution >= 4 is 11.7 Å². The van der Waals surface area contributed by atoms with Crippen LogP contribution in [-0.2, 0) is 9.63 Å². The Morgan fingerprint density at radius 2 is 2.41 bits per heavy atom. The van der Waals surface area contributed by atoms with E-state index in [9.17, 15) is 4.79 Å². The van der Waals surface area contributed by atoms with E-state index in [1.807, 2.05) is 20.8 Å². The number of piperidine rings is 1. The molecule has 1 saturated heterocycles. The van der Waals surface area contributed by atoms with Crippen LogP contribution >= 0.6 is 0 Å². The number of fused-ring (bicyclic) bond motifs is 2. The summed E-state index contributed by atoms with van der Waals surface area (Å²) in [7, 11) is 0. The summed E-state index contributed by atoms with van der Waals surface area (Å²) in [5.41, 5.74) is 2.57. The van der Waals surface area contributed by atoms with Crippen LogP contribution < -0.4 is 5.48 Å². The predicted octanol–water partition coefficient (Wildman–Crippen LogP) is 1.10. The summed E-state index contributed by atoms with van der Waals surface area (Å²) in [5.74, 6) is 0.941. The molecule has 2 rings (SSSR count). The fourth-order valence-electron chi connectivity index (χ4n) is 2.34. The van der Waals surface area contributed by atoms with Crippen LogP contribution in [0.15, 0.2) is 4.99 Å². The van der Waals surface area contributed by atoms with E-state index in [2.05, 4.69) is 15.4 Å². The zero-order chi connectivity index (χ0) is 12.4. The lowest BCUT2D eigenvalue weighted by molar-refractivity contribution is -0.142. The molecule has 96 valence electrons. The summed E-state index contributed by atoms with van der Waals surface area (Å²) >= 11 is 0. The quantitative estimate of drug-likeness (QED) is 0.747. The zero-order valence-corrected chi connectivity index (χ0v) is 10.8. The summed E-state index contributed by atoms with van der Waals surface area (Å²) in [6, 6.07) is 0.288. The minimum absolute atomic E-state index is 0.0415. The van der Waals surface area contributed by atoms with Crippen molar-refractivity contribution in [3.05, 3.63) is 0 Å². The van der Waals surface area contributed by atoms with Gasteiger partial charge in [0.2, 0.25) is 0 Å². The van der Waals surface area contributed by atoms with Crippen LogP contribution in [-0.4, -0.2) is 41.4 Å². The van der Waals surface area contributed by atoms with E-state index < -0.39 is 0 Å². The highest BCUT2D eigenvalue weighted by Gasteiger charge is 2.37. The van der Waals surface area contributed by atoms with Crippen molar-refractivity contribution in [2.45, 2.75) is 58.2 Å². The van der Waals surface area contributed by atoms with E-state index in [4.69, 9.17) is 4.84 Å². The third-order valence-electron chi connectivity index (χ3n) is 3.58. The molecule has 0 aromatic carbocycles. The monoisotopic (exact) mass is 239 g/mol. The van der Waals surface area contributed by atoms with Gasteiger partial charge >= 0.3 is 0 Å². The Balaban J connectivity index is 1.89. The van der Waals surface area contributed by atoms with E-state index >= 15 is 0 Å². The third-order valence-corrected chi connectivity index (χ3v) is 3.58. The van der Waals surface area contributed by atoms with Gasteiger partial charge in [-0.1, -0.05) is 6.92 Å². The maximum absolute atomic E-state index is 12.0. The van der Waals surface area contributed by atoms with Gasteiger partial charge in [-0.15, -0.1) is 0 Å². The number of amides is 1. The number of amidine groups is 1. The molecular weight excluding hydrogens is 218 g/mol. The van der Waals surface area contributed by atoms with Crippen LogP contribution in [0, 0.1) is 0 Å². The van der Waals surface area contributed by atoms with E-state index in [0.29, 0.717) is 6.04 Å². The van der Waals surface area contributed by atoms with Crippen LogP contribution in [0.1, 0.15) is 40.0 Å². The Morgan fingerprint density at radius 1 is 1.65 bits per heavy atom. The topological polar surface area (TPSA) is 53.9 Å². The van der Waals surface area contributed by atoms with Crippen molar-refractivity contribution in [3.8, 4) is 0 Å². The van der Waals surface area contributed by atoms with Gasteiger partial charge in [-0.2, -0.15) is 0 Å². The average Bonchev–Trinajstić information content (AvgIpc) is 2.62. The average molecular weight is 239 g/mol. The molecule has 0 spiro atoms. The SMILES string of the molecule is CCC(C)ONC(=O)C1CCC2CN1C(C)=N2. The third kappa shape index (κ3) is 2.60. The van der Waals surface area contributed by atoms with Gasteiger partial charge in [0, 0.05) is 6.54 Å². The summed E-state index contributed by atoms with van der Waals surface area (Å²) in [6.45, 7) is 6.83. The molecule has 2 aliphatic heterocycles. The molecule has 0 radical (unpaired) electrons. The first-order valence-corrected chi connectivity index (χ1v) is 6.38. The number of hydrogen-bond acceptors (Lipinski definition) is 4. The molecule has 2 aliphatic rings. The zero-order valence-electron chi connectivity index (χ0n) is 10.8. The molecular formula is C12H21N3O2. The second kappa shape index (κ2) is 5.04. The number of hydroxylamine groups is 1. The minimum atomic E-state index is -0.110. The number of nitrogens with one attached hydrogen (secondary N) is 1. The van der Waals surface area contributed by atoms with Crippen molar-refractivity contribution in [2.24, 2.45) is 4.99 Å². The lowest BCUT2D eigenvalue weighted by atomic mass is 10.00. The molecule has 0 aliphatic carbocycles. The number of hydrogen-bond donors (Lipinski definition) is 1. The molecule has 3 unspecified atom stereocenters. The fraction of sp³-hybridized carbons (Fsp3) is 0.833. The largest absolute Gasteiger partial charge is 0.346 e. The number of carbonyl (C=O) groups excluding carboxylic acids is 1. The number of rotatable bonds is 4. The Kier molecular flexibility index (Phi) is 3.66. The summed E-state index contributed by atoms with van der Waals surface area (Å²) in [5, 5.41) is 0. The molecule has 1 amide bonds. The normalized spacial score (nSPS) is 28.9. The summed E-state index contributed by atoms with van der Waals surface area (Å²) < 4.78 is 0. The fourth-order valence-corrected chi connectivity index (χ4v) is 2.34. The van der Waals surface area contributed by atoms with E-state index in [0.717, 1.165) is 31.6 Å². The second-order valence-electron chi connectivity index (χ2n) is 4.88. The number of carbonyl (C=O) groups is 1. The van der Waals surface area contributed by atoms with Gasteiger partial charge in [-0.25, -0.2) is 5.48 Å². The maximum atomic E-state index is 12.0. The lowest BCUT2D eigenvalue weighted by Crippen LogP contribution is -2.51. The second-order valence-corrected chi connectivity index (χ2v) is 4.88. The van der Waals surface area contributed by atoms with Crippen molar-refractivity contribution in [1.82, 2.24) is 10.4 Å². The Hall–Kier alpha value is -1.10. The van der Waals surface area contributed by atoms with Crippen molar-refractivity contribution in [2.75, 3.05) is 6.54 Å². The van der Waals surface area contributed by atoms with Crippen LogP contribution in [0.4, 0.5) is 0 Å². The highest BCUT2D eigenvalue weighted by atomic mass is 16.7. The summed E-state index contributed by atoms with van der Waals surface area (Å²) in [6.07, 6.45) is 2.80. The molecule has 1 N–H and O–H groups in total. The Morgan fingerprint density at radius 3 is 3.12 bits per heavy atom. The smallest absolute Gasteiger partial charge is 0.266 e. The highest BCUT2D eigenvalue weighted by molar-refractivity contribution is 5.90. The van der Waals surface area contributed by atoms with Gasteiger partial charge < -0.3 is 4.90 Å². The van der Waals surface area contributed by atoms with Crippen molar-refractivity contribution in [1.29, 1.82) is 0 Å². The minimum Gasteiger partial charge on any atom is -0.346 e. The van der Waals surface area contributed by atoms with E-state index in [1.165, 1.54) is 0 Å². The van der Waals surface area contributed by atoms with E-state index in [-0.39, 0.29) is 18.1 Å². The first-order chi connectivity index (χ1) is 8.11. The molecule has 0 saturated carbocycles. The maximum Gasteiger partial charge on any atom is 0.266 e. The molecule has 2 heterocycles. The predicted molar refractivity (Wildman–Crippen MR) is 65.6 cm³/mol. The molecule has 0 aromatic rings. The molecule has 3 atom stereocenters.